The van der Waals surface area contributed by atoms with Crippen LogP contribution in [-0.4, -0.2) is 23.8 Å². The van der Waals surface area contributed by atoms with Gasteiger partial charge in [-0.3, -0.25) is 4.79 Å². The second kappa shape index (κ2) is 8.52. The van der Waals surface area contributed by atoms with E-state index >= 15 is 0 Å². The molecule has 1 aromatic heterocycles. The summed E-state index contributed by atoms with van der Waals surface area (Å²) in [6.45, 7) is 1.88. The Balaban J connectivity index is 1.48. The van der Waals surface area contributed by atoms with E-state index in [0.717, 1.165) is 5.56 Å². The van der Waals surface area contributed by atoms with Gasteiger partial charge in [-0.2, -0.15) is 0 Å². The maximum Gasteiger partial charge on any atom is 0.331 e. The first kappa shape index (κ1) is 19.3. The Labute approximate surface area is 172 Å². The molecule has 1 amide bonds. The van der Waals surface area contributed by atoms with Crippen molar-refractivity contribution in [1.29, 1.82) is 0 Å². The van der Waals surface area contributed by atoms with E-state index in [-0.39, 0.29) is 12.6 Å². The molecule has 1 atom stereocenters. The number of hydrogen-bond donors (Lipinski definition) is 1. The minimum absolute atomic E-state index is 0.170. The van der Waals surface area contributed by atoms with Gasteiger partial charge < -0.3 is 24.1 Å². The third-order valence-electron chi connectivity index (χ3n) is 4.26. The van der Waals surface area contributed by atoms with Gasteiger partial charge in [0, 0.05) is 17.7 Å². The first-order valence-electron chi connectivity index (χ1n) is 9.16. The number of rotatable bonds is 6. The highest BCUT2D eigenvalue weighted by Crippen LogP contribution is 2.32. The van der Waals surface area contributed by atoms with E-state index in [2.05, 4.69) is 10.5 Å². The molecule has 1 aliphatic rings. The van der Waals surface area contributed by atoms with Gasteiger partial charge in [-0.05, 0) is 30.7 Å². The van der Waals surface area contributed by atoms with Crippen molar-refractivity contribution < 1.29 is 28.3 Å². The predicted molar refractivity (Wildman–Crippen MR) is 107 cm³/mol. The Hall–Kier alpha value is -4.07. The Morgan fingerprint density at radius 2 is 1.90 bits per heavy atom. The zero-order chi connectivity index (χ0) is 20.9. The van der Waals surface area contributed by atoms with Crippen molar-refractivity contribution in [3.05, 3.63) is 77.6 Å². The fourth-order valence-corrected chi connectivity index (χ4v) is 2.85. The lowest BCUT2D eigenvalue weighted by molar-refractivity contribution is -0.149. The van der Waals surface area contributed by atoms with Gasteiger partial charge in [0.25, 0.3) is 5.91 Å². The first-order chi connectivity index (χ1) is 14.6. The number of carbonyl (C=O) groups excluding carboxylic acids is 2. The first-order valence-corrected chi connectivity index (χ1v) is 9.16. The monoisotopic (exact) mass is 406 g/mol. The minimum atomic E-state index is -1.16. The number of nitrogens with zero attached hydrogens (tertiary/aromatic N) is 1. The smallest absolute Gasteiger partial charge is 0.331 e. The van der Waals surface area contributed by atoms with Crippen LogP contribution in [0.3, 0.4) is 0 Å². The summed E-state index contributed by atoms with van der Waals surface area (Å²) in [5.74, 6) is 0.830. The van der Waals surface area contributed by atoms with Crippen LogP contribution >= 0.6 is 0 Å². The Bertz CT molecular complexity index is 1090. The number of fused-ring (bicyclic) bond motifs is 1. The molecule has 2 heterocycles. The summed E-state index contributed by atoms with van der Waals surface area (Å²) in [5.41, 5.74) is 1.26. The molecular weight excluding hydrogens is 388 g/mol. The molecule has 4 rings (SSSR count). The number of carbonyl (C=O) groups is 2. The molecule has 8 heteroatoms. The van der Waals surface area contributed by atoms with E-state index in [1.165, 1.54) is 6.08 Å². The lowest BCUT2D eigenvalue weighted by Gasteiger charge is -2.16. The Morgan fingerprint density at radius 3 is 2.67 bits per heavy atom. The summed E-state index contributed by atoms with van der Waals surface area (Å²) in [6, 6.07) is 15.6. The van der Waals surface area contributed by atoms with Crippen molar-refractivity contribution in [2.75, 3.05) is 12.1 Å². The molecule has 0 aliphatic carbocycles. The number of amides is 1. The SMILES string of the molecule is Cc1cc(NC(=O)C(OC(=O)/C=C/c2ccc3c(c2)OCO3)c2ccccc2)no1. The molecule has 30 heavy (non-hydrogen) atoms. The van der Waals surface area contributed by atoms with Gasteiger partial charge in [0.1, 0.15) is 5.76 Å². The molecule has 1 N–H and O–H groups in total. The normalized spacial score (nSPS) is 13.2. The number of ether oxygens (including phenoxy) is 3. The van der Waals surface area contributed by atoms with Crippen LogP contribution in [0.5, 0.6) is 11.5 Å². The van der Waals surface area contributed by atoms with Gasteiger partial charge in [0.05, 0.1) is 0 Å². The highest BCUT2D eigenvalue weighted by molar-refractivity contribution is 5.97. The quantitative estimate of drug-likeness (QED) is 0.493. The van der Waals surface area contributed by atoms with E-state index in [1.807, 2.05) is 0 Å². The second-order valence-corrected chi connectivity index (χ2v) is 6.49. The zero-order valence-corrected chi connectivity index (χ0v) is 16.0. The number of aryl methyl sites for hydroxylation is 1. The zero-order valence-electron chi connectivity index (χ0n) is 16.0. The van der Waals surface area contributed by atoms with Crippen LogP contribution in [0.15, 0.2) is 65.2 Å². The summed E-state index contributed by atoms with van der Waals surface area (Å²) >= 11 is 0. The van der Waals surface area contributed by atoms with Gasteiger partial charge >= 0.3 is 5.97 Å². The van der Waals surface area contributed by atoms with E-state index < -0.39 is 18.0 Å². The van der Waals surface area contributed by atoms with Crippen molar-refractivity contribution in [1.82, 2.24) is 5.16 Å². The summed E-state index contributed by atoms with van der Waals surface area (Å²) < 4.78 is 21.0. The van der Waals surface area contributed by atoms with Crippen LogP contribution in [0, 0.1) is 6.92 Å². The molecule has 0 fully saturated rings. The third-order valence-corrected chi connectivity index (χ3v) is 4.26. The van der Waals surface area contributed by atoms with Crippen LogP contribution < -0.4 is 14.8 Å². The van der Waals surface area contributed by atoms with Crippen LogP contribution in [0.1, 0.15) is 23.0 Å². The molecule has 0 saturated heterocycles. The molecular formula is C22H18N2O6. The third kappa shape index (κ3) is 4.49. The molecule has 3 aromatic rings. The van der Waals surface area contributed by atoms with Crippen LogP contribution in [0.2, 0.25) is 0 Å². The number of esters is 1. The molecule has 0 saturated carbocycles. The van der Waals surface area contributed by atoms with Gasteiger partial charge in [-0.15, -0.1) is 0 Å². The molecule has 1 unspecified atom stereocenters. The minimum Gasteiger partial charge on any atom is -0.454 e. The standard InChI is InChI=1S/C22H18N2O6/c1-14-11-19(24-30-14)23-22(26)21(16-5-3-2-4-6-16)29-20(25)10-8-15-7-9-17-18(12-15)28-13-27-17/h2-12,21H,13H2,1H3,(H,23,24,26)/b10-8+. The van der Waals surface area contributed by atoms with E-state index in [4.69, 9.17) is 18.7 Å². The summed E-state index contributed by atoms with van der Waals surface area (Å²) in [7, 11) is 0. The maximum atomic E-state index is 12.7. The van der Waals surface area contributed by atoms with Crippen molar-refractivity contribution in [3.8, 4) is 11.5 Å². The average molecular weight is 406 g/mol. The van der Waals surface area contributed by atoms with Gasteiger partial charge in [-0.1, -0.05) is 41.6 Å². The molecule has 2 aromatic carbocycles. The second-order valence-electron chi connectivity index (χ2n) is 6.49. The fourth-order valence-electron chi connectivity index (χ4n) is 2.85. The highest BCUT2D eigenvalue weighted by atomic mass is 16.7. The van der Waals surface area contributed by atoms with Crippen LogP contribution in [-0.2, 0) is 14.3 Å². The molecule has 1 aliphatic heterocycles. The summed E-state index contributed by atoms with van der Waals surface area (Å²) in [5, 5.41) is 6.33. The van der Waals surface area contributed by atoms with Crippen molar-refractivity contribution in [3.63, 3.8) is 0 Å². The van der Waals surface area contributed by atoms with E-state index in [9.17, 15) is 9.59 Å². The maximum absolute atomic E-state index is 12.7. The molecule has 152 valence electrons. The number of anilines is 1. The van der Waals surface area contributed by atoms with Gasteiger partial charge in [0.2, 0.25) is 12.9 Å². The topological polar surface area (TPSA) is 99.9 Å². The Kier molecular flexibility index (Phi) is 5.47. The highest BCUT2D eigenvalue weighted by Gasteiger charge is 2.25. The number of benzene rings is 2. The summed E-state index contributed by atoms with van der Waals surface area (Å²) in [4.78, 5) is 25.2. The molecule has 8 nitrogen and oxygen atoms in total. The lowest BCUT2D eigenvalue weighted by Crippen LogP contribution is -2.25. The number of hydrogen-bond acceptors (Lipinski definition) is 7. The molecule has 0 radical (unpaired) electrons. The summed E-state index contributed by atoms with van der Waals surface area (Å²) in [6.07, 6.45) is 1.67. The van der Waals surface area contributed by atoms with Crippen LogP contribution in [0.25, 0.3) is 6.08 Å². The van der Waals surface area contributed by atoms with E-state index in [0.29, 0.717) is 22.8 Å². The van der Waals surface area contributed by atoms with Gasteiger partial charge in [-0.25, -0.2) is 4.79 Å². The average Bonchev–Trinajstić information content (AvgIpc) is 3.39. The van der Waals surface area contributed by atoms with Crippen molar-refractivity contribution in [2.45, 2.75) is 13.0 Å². The molecule has 0 spiro atoms. The largest absolute Gasteiger partial charge is 0.454 e. The Morgan fingerprint density at radius 1 is 1.10 bits per heavy atom. The lowest BCUT2D eigenvalue weighted by atomic mass is 10.1. The fraction of sp³-hybridized carbons (Fsp3) is 0.136. The number of nitrogens with one attached hydrogen (secondary N) is 1. The van der Waals surface area contributed by atoms with Crippen LogP contribution in [0.4, 0.5) is 5.82 Å². The van der Waals surface area contributed by atoms with Crippen molar-refractivity contribution >= 4 is 23.8 Å². The number of aromatic nitrogens is 1. The molecule has 0 bridgehead atoms. The van der Waals surface area contributed by atoms with Crippen molar-refractivity contribution in [2.24, 2.45) is 0 Å². The predicted octanol–water partition coefficient (Wildman–Crippen LogP) is 3.65. The van der Waals surface area contributed by atoms with Gasteiger partial charge in [0.15, 0.2) is 17.3 Å². The van der Waals surface area contributed by atoms with E-state index in [1.54, 1.807) is 67.6 Å².